The molecule has 1 aromatic rings. The van der Waals surface area contributed by atoms with Crippen LogP contribution in [0.25, 0.3) is 0 Å². The van der Waals surface area contributed by atoms with Crippen molar-refractivity contribution in [3.05, 3.63) is 41.1 Å². The minimum atomic E-state index is 1.05. The third-order valence-electron chi connectivity index (χ3n) is 2.74. The van der Waals surface area contributed by atoms with Gasteiger partial charge in [0.1, 0.15) is 0 Å². The Hall–Kier alpha value is -1.00. The summed E-state index contributed by atoms with van der Waals surface area (Å²) in [6.45, 7) is 3.28. The third-order valence-corrected chi connectivity index (χ3v) is 3.27. The predicted molar refractivity (Wildman–Crippen MR) is 75.1 cm³/mol. The van der Waals surface area contributed by atoms with E-state index in [-0.39, 0.29) is 0 Å². The molecule has 0 atom stereocenters. The summed E-state index contributed by atoms with van der Waals surface area (Å²) in [6, 6.07) is 8.25. The van der Waals surface area contributed by atoms with Crippen molar-refractivity contribution in [2.45, 2.75) is 26.2 Å². The minimum absolute atomic E-state index is 1.05. The molecule has 1 aliphatic rings. The topological polar surface area (TPSA) is 18.5 Å². The highest BCUT2D eigenvalue weighted by Gasteiger charge is 2.12. The van der Waals surface area contributed by atoms with E-state index in [0.717, 1.165) is 16.7 Å². The van der Waals surface area contributed by atoms with Gasteiger partial charge in [-0.2, -0.15) is 0 Å². The zero-order chi connectivity index (χ0) is 12.1. The molecule has 1 aromatic carbocycles. The van der Waals surface area contributed by atoms with Gasteiger partial charge in [0.15, 0.2) is 0 Å². The highest BCUT2D eigenvalue weighted by atomic mass is 79.9. The van der Waals surface area contributed by atoms with E-state index in [9.17, 15) is 0 Å². The third kappa shape index (κ3) is 3.48. The lowest BCUT2D eigenvalue weighted by atomic mass is 10.2. The molecule has 92 valence electrons. The molecule has 0 amide bonds. The van der Waals surface area contributed by atoms with Crippen LogP contribution in [-0.2, 0) is 0 Å². The number of halogens is 1. The second-order valence-corrected chi connectivity index (χ2v) is 5.06. The SMILES string of the molecule is CCCCCN1C=CN(c2ccc(Br)cc2)N1. The first-order valence-corrected chi connectivity index (χ1v) is 6.85. The van der Waals surface area contributed by atoms with Crippen molar-refractivity contribution in [3.63, 3.8) is 0 Å². The van der Waals surface area contributed by atoms with E-state index >= 15 is 0 Å². The van der Waals surface area contributed by atoms with Gasteiger partial charge in [-0.3, -0.25) is 10.0 Å². The first-order valence-electron chi connectivity index (χ1n) is 6.05. The van der Waals surface area contributed by atoms with Crippen molar-refractivity contribution in [2.75, 3.05) is 11.6 Å². The summed E-state index contributed by atoms with van der Waals surface area (Å²) in [5, 5.41) is 4.15. The van der Waals surface area contributed by atoms with Crippen LogP contribution < -0.4 is 10.5 Å². The summed E-state index contributed by atoms with van der Waals surface area (Å²) in [6.07, 6.45) is 7.90. The van der Waals surface area contributed by atoms with Crippen LogP contribution in [0.5, 0.6) is 0 Å². The molecule has 3 nitrogen and oxygen atoms in total. The van der Waals surface area contributed by atoms with E-state index < -0.39 is 0 Å². The maximum absolute atomic E-state index is 3.44. The molecule has 2 rings (SSSR count). The molecule has 0 radical (unpaired) electrons. The Morgan fingerprint density at radius 2 is 1.88 bits per heavy atom. The van der Waals surface area contributed by atoms with Gasteiger partial charge in [-0.25, -0.2) is 0 Å². The van der Waals surface area contributed by atoms with Crippen LogP contribution in [0.4, 0.5) is 5.69 Å². The van der Waals surface area contributed by atoms with Crippen LogP contribution in [0.3, 0.4) is 0 Å². The lowest BCUT2D eigenvalue weighted by Gasteiger charge is -2.22. The minimum Gasteiger partial charge on any atom is -0.296 e. The number of hydrogen-bond donors (Lipinski definition) is 1. The fourth-order valence-corrected chi connectivity index (χ4v) is 2.02. The first-order chi connectivity index (χ1) is 8.29. The monoisotopic (exact) mass is 295 g/mol. The van der Waals surface area contributed by atoms with Gasteiger partial charge in [0.2, 0.25) is 0 Å². The number of benzene rings is 1. The summed E-state index contributed by atoms with van der Waals surface area (Å²) in [5.74, 6) is 0. The first kappa shape index (κ1) is 12.5. The van der Waals surface area contributed by atoms with Gasteiger partial charge in [-0.05, 0) is 30.7 Å². The van der Waals surface area contributed by atoms with Gasteiger partial charge in [0.25, 0.3) is 0 Å². The average Bonchev–Trinajstić information content (AvgIpc) is 2.79. The summed E-state index contributed by atoms with van der Waals surface area (Å²) in [4.78, 5) is 0. The molecule has 1 N–H and O–H groups in total. The Balaban J connectivity index is 1.86. The van der Waals surface area contributed by atoms with Crippen molar-refractivity contribution in [2.24, 2.45) is 0 Å². The number of unbranched alkanes of at least 4 members (excludes halogenated alkanes) is 2. The quantitative estimate of drug-likeness (QED) is 0.837. The summed E-state index contributed by atoms with van der Waals surface area (Å²) < 4.78 is 1.10. The van der Waals surface area contributed by atoms with Crippen LogP contribution in [0.1, 0.15) is 26.2 Å². The van der Waals surface area contributed by atoms with Crippen LogP contribution in [0.2, 0.25) is 0 Å². The summed E-state index contributed by atoms with van der Waals surface area (Å²) in [7, 11) is 0. The van der Waals surface area contributed by atoms with Crippen molar-refractivity contribution < 1.29 is 0 Å². The normalized spacial score (nSPS) is 14.7. The molecule has 0 unspecified atom stereocenters. The molecule has 4 heteroatoms. The molecule has 1 heterocycles. The van der Waals surface area contributed by atoms with Gasteiger partial charge in [0, 0.05) is 23.4 Å². The molecule has 0 fully saturated rings. The molecule has 0 bridgehead atoms. The number of nitrogens with one attached hydrogen (secondary N) is 1. The number of nitrogens with zero attached hydrogens (tertiary/aromatic N) is 2. The van der Waals surface area contributed by atoms with Crippen molar-refractivity contribution >= 4 is 21.6 Å². The van der Waals surface area contributed by atoms with Gasteiger partial charge in [0.05, 0.1) is 5.69 Å². The molecule has 17 heavy (non-hydrogen) atoms. The highest BCUT2D eigenvalue weighted by molar-refractivity contribution is 9.10. The zero-order valence-corrected chi connectivity index (χ0v) is 11.7. The second-order valence-electron chi connectivity index (χ2n) is 4.15. The molecule has 0 aromatic heterocycles. The Morgan fingerprint density at radius 1 is 1.12 bits per heavy atom. The van der Waals surface area contributed by atoms with Gasteiger partial charge >= 0.3 is 0 Å². The summed E-state index contributed by atoms with van der Waals surface area (Å²) >= 11 is 3.44. The fourth-order valence-electron chi connectivity index (χ4n) is 1.75. The Morgan fingerprint density at radius 3 is 2.59 bits per heavy atom. The fraction of sp³-hybridized carbons (Fsp3) is 0.385. The largest absolute Gasteiger partial charge is 0.296 e. The van der Waals surface area contributed by atoms with Crippen molar-refractivity contribution in [3.8, 4) is 0 Å². The van der Waals surface area contributed by atoms with Crippen LogP contribution in [0.15, 0.2) is 41.1 Å². The van der Waals surface area contributed by atoms with E-state index in [4.69, 9.17) is 0 Å². The zero-order valence-electron chi connectivity index (χ0n) is 10.1. The van der Waals surface area contributed by atoms with Crippen LogP contribution in [-0.4, -0.2) is 11.6 Å². The lowest BCUT2D eigenvalue weighted by molar-refractivity contribution is 0.288. The number of rotatable bonds is 5. The summed E-state index contributed by atoms with van der Waals surface area (Å²) in [5.41, 5.74) is 4.47. The number of anilines is 1. The molecular formula is C13H18BrN3. The van der Waals surface area contributed by atoms with Gasteiger partial charge < -0.3 is 0 Å². The maximum Gasteiger partial charge on any atom is 0.0590 e. The molecule has 0 saturated carbocycles. The van der Waals surface area contributed by atoms with E-state index in [2.05, 4.69) is 57.9 Å². The Bertz CT molecular complexity index is 375. The molecular weight excluding hydrogens is 278 g/mol. The molecule has 0 spiro atoms. The van der Waals surface area contributed by atoms with Crippen LogP contribution >= 0.6 is 15.9 Å². The maximum atomic E-state index is 3.44. The van der Waals surface area contributed by atoms with Crippen LogP contribution in [0, 0.1) is 0 Å². The smallest absolute Gasteiger partial charge is 0.0590 e. The number of hydrazine groups is 2. The molecule has 0 saturated heterocycles. The van der Waals surface area contributed by atoms with Gasteiger partial charge in [-0.15, -0.1) is 5.53 Å². The standard InChI is InChI=1S/C13H18BrN3/c1-2-3-4-9-16-10-11-17(15-16)13-7-5-12(14)6-8-13/h5-8,10-11,15H,2-4,9H2,1H3. The molecule has 1 aliphatic heterocycles. The van der Waals surface area contributed by atoms with E-state index in [1.165, 1.54) is 19.3 Å². The average molecular weight is 296 g/mol. The van der Waals surface area contributed by atoms with E-state index in [0.29, 0.717) is 0 Å². The van der Waals surface area contributed by atoms with E-state index in [1.54, 1.807) is 0 Å². The number of hydrogen-bond acceptors (Lipinski definition) is 3. The van der Waals surface area contributed by atoms with E-state index in [1.807, 2.05) is 17.1 Å². The second kappa shape index (κ2) is 6.07. The van der Waals surface area contributed by atoms with Crippen molar-refractivity contribution in [1.82, 2.24) is 10.5 Å². The van der Waals surface area contributed by atoms with Crippen molar-refractivity contribution in [1.29, 1.82) is 0 Å². The van der Waals surface area contributed by atoms with Gasteiger partial charge in [-0.1, -0.05) is 35.7 Å². The predicted octanol–water partition coefficient (Wildman–Crippen LogP) is 3.65. The Labute approximate surface area is 111 Å². The highest BCUT2D eigenvalue weighted by Crippen LogP contribution is 2.19. The lowest BCUT2D eigenvalue weighted by Crippen LogP contribution is -2.39. The molecule has 0 aliphatic carbocycles. The Kier molecular flexibility index (Phi) is 4.45.